The molecule has 8 heteroatoms. The Hall–Kier alpha value is -2.10. The van der Waals surface area contributed by atoms with Crippen LogP contribution >= 0.6 is 24.0 Å². The number of guanidine groups is 1. The lowest BCUT2D eigenvalue weighted by molar-refractivity contribution is 0.0526. The Morgan fingerprint density at radius 1 is 1.19 bits per heavy atom. The number of aliphatic imine (C=N–C) groups is 1. The summed E-state index contributed by atoms with van der Waals surface area (Å²) in [6.45, 7) is 6.99. The van der Waals surface area contributed by atoms with E-state index in [1.54, 1.807) is 26.1 Å². The van der Waals surface area contributed by atoms with Crippen LogP contribution in [0.3, 0.4) is 0 Å². The first-order valence-electron chi connectivity index (χ1n) is 8.17. The molecule has 0 unspecified atom stereocenters. The number of hydrogen-bond donors (Lipinski definition) is 2. The van der Waals surface area contributed by atoms with Gasteiger partial charge in [-0.3, -0.25) is 4.99 Å². The second-order valence-electron chi connectivity index (χ2n) is 5.45. The van der Waals surface area contributed by atoms with Gasteiger partial charge < -0.3 is 19.8 Å². The molecule has 0 atom stereocenters. The van der Waals surface area contributed by atoms with E-state index in [4.69, 9.17) is 9.15 Å². The summed E-state index contributed by atoms with van der Waals surface area (Å²) in [5.74, 6) is 1.78. The molecule has 0 aliphatic carbocycles. The first kappa shape index (κ1) is 21.9. The molecule has 2 N–H and O–H groups in total. The number of carbonyl (C=O) groups is 1. The molecule has 26 heavy (non-hydrogen) atoms. The fourth-order valence-corrected chi connectivity index (χ4v) is 2.15. The van der Waals surface area contributed by atoms with Crippen LogP contribution < -0.4 is 10.6 Å². The summed E-state index contributed by atoms with van der Waals surface area (Å²) >= 11 is 0. The number of rotatable bonds is 6. The minimum atomic E-state index is -0.309. The van der Waals surface area contributed by atoms with Crippen LogP contribution in [0.1, 0.15) is 40.2 Å². The van der Waals surface area contributed by atoms with Gasteiger partial charge in [0.15, 0.2) is 5.96 Å². The molecule has 0 spiro atoms. The van der Waals surface area contributed by atoms with Crippen LogP contribution in [0, 0.1) is 13.8 Å². The first-order chi connectivity index (χ1) is 12.0. The Labute approximate surface area is 170 Å². The zero-order valence-corrected chi connectivity index (χ0v) is 17.8. The molecule has 2 rings (SSSR count). The van der Waals surface area contributed by atoms with E-state index in [0.717, 1.165) is 17.0 Å². The molecule has 0 amide bonds. The Balaban J connectivity index is 0.00000338. The number of esters is 1. The number of carbonyl (C=O) groups excluding carboxylic acids is 1. The summed E-state index contributed by atoms with van der Waals surface area (Å²) < 4.78 is 10.5. The van der Waals surface area contributed by atoms with Crippen LogP contribution in [-0.4, -0.2) is 30.6 Å². The Kier molecular flexibility index (Phi) is 9.11. The molecule has 0 bridgehead atoms. The molecule has 2 aromatic rings. The lowest BCUT2D eigenvalue weighted by atomic mass is 10.1. The smallest absolute Gasteiger partial charge is 0.338 e. The summed E-state index contributed by atoms with van der Waals surface area (Å²) in [6, 6.07) is 7.27. The number of hydrogen-bond acceptors (Lipinski definition) is 5. The van der Waals surface area contributed by atoms with E-state index in [9.17, 15) is 4.79 Å². The van der Waals surface area contributed by atoms with Crippen LogP contribution in [0.4, 0.5) is 0 Å². The largest absolute Gasteiger partial charge is 0.462 e. The van der Waals surface area contributed by atoms with Crippen molar-refractivity contribution in [1.82, 2.24) is 15.6 Å². The minimum Gasteiger partial charge on any atom is -0.462 e. The lowest BCUT2D eigenvalue weighted by Gasteiger charge is -2.11. The molecule has 0 aliphatic rings. The van der Waals surface area contributed by atoms with Gasteiger partial charge in [-0.1, -0.05) is 12.1 Å². The highest BCUT2D eigenvalue weighted by molar-refractivity contribution is 14.0. The van der Waals surface area contributed by atoms with Crippen LogP contribution in [0.25, 0.3) is 0 Å². The normalized spacial score (nSPS) is 10.8. The van der Waals surface area contributed by atoms with Crippen molar-refractivity contribution >= 4 is 35.9 Å². The van der Waals surface area contributed by atoms with Crippen LogP contribution in [0.2, 0.25) is 0 Å². The summed E-state index contributed by atoms with van der Waals surface area (Å²) in [4.78, 5) is 20.1. The predicted octanol–water partition coefficient (Wildman–Crippen LogP) is 2.95. The molecule has 0 fully saturated rings. The van der Waals surface area contributed by atoms with Crippen molar-refractivity contribution in [1.29, 1.82) is 0 Å². The van der Waals surface area contributed by atoms with Crippen LogP contribution in [0.15, 0.2) is 33.7 Å². The molecule has 0 radical (unpaired) electrons. The van der Waals surface area contributed by atoms with E-state index >= 15 is 0 Å². The van der Waals surface area contributed by atoms with Gasteiger partial charge in [0.2, 0.25) is 5.89 Å². The van der Waals surface area contributed by atoms with Crippen molar-refractivity contribution in [3.63, 3.8) is 0 Å². The maximum absolute atomic E-state index is 11.6. The Morgan fingerprint density at radius 3 is 2.38 bits per heavy atom. The highest BCUT2D eigenvalue weighted by Crippen LogP contribution is 2.08. The lowest BCUT2D eigenvalue weighted by Crippen LogP contribution is -2.36. The van der Waals surface area contributed by atoms with Gasteiger partial charge in [-0.2, -0.15) is 0 Å². The molecule has 1 heterocycles. The van der Waals surface area contributed by atoms with Gasteiger partial charge in [-0.25, -0.2) is 9.78 Å². The molecule has 7 nitrogen and oxygen atoms in total. The van der Waals surface area contributed by atoms with Gasteiger partial charge in [0.05, 0.1) is 24.4 Å². The minimum absolute atomic E-state index is 0. The van der Waals surface area contributed by atoms with Gasteiger partial charge in [0.1, 0.15) is 5.76 Å². The monoisotopic (exact) mass is 472 g/mol. The molecule has 0 saturated heterocycles. The second kappa shape index (κ2) is 10.8. The van der Waals surface area contributed by atoms with E-state index in [-0.39, 0.29) is 29.9 Å². The maximum Gasteiger partial charge on any atom is 0.338 e. The summed E-state index contributed by atoms with van der Waals surface area (Å²) in [6.07, 6.45) is 0. The van der Waals surface area contributed by atoms with Crippen LogP contribution in [0.5, 0.6) is 0 Å². The van der Waals surface area contributed by atoms with E-state index < -0.39 is 0 Å². The number of halogens is 1. The third kappa shape index (κ3) is 6.32. The number of aryl methyl sites for hydroxylation is 2. The maximum atomic E-state index is 11.6. The Morgan fingerprint density at radius 2 is 1.85 bits per heavy atom. The van der Waals surface area contributed by atoms with Gasteiger partial charge in [0, 0.05) is 13.6 Å². The molecular weight excluding hydrogens is 447 g/mol. The SMILES string of the molecule is CCOC(=O)c1ccc(CNC(=NC)NCc2nc(C)c(C)o2)cc1.I. The van der Waals surface area contributed by atoms with E-state index in [0.29, 0.717) is 37.1 Å². The van der Waals surface area contributed by atoms with E-state index in [2.05, 4.69) is 20.6 Å². The first-order valence-corrected chi connectivity index (χ1v) is 8.17. The van der Waals surface area contributed by atoms with Crippen molar-refractivity contribution in [3.05, 3.63) is 52.7 Å². The number of oxazole rings is 1. The molecule has 0 saturated carbocycles. The molecule has 142 valence electrons. The van der Waals surface area contributed by atoms with Gasteiger partial charge in [0.25, 0.3) is 0 Å². The average Bonchev–Trinajstić information content (AvgIpc) is 2.93. The summed E-state index contributed by atoms with van der Waals surface area (Å²) in [5.41, 5.74) is 2.46. The average molecular weight is 472 g/mol. The second-order valence-corrected chi connectivity index (χ2v) is 5.45. The van der Waals surface area contributed by atoms with E-state index in [1.807, 2.05) is 26.0 Å². The number of nitrogens with zero attached hydrogens (tertiary/aromatic N) is 2. The van der Waals surface area contributed by atoms with E-state index in [1.165, 1.54) is 0 Å². The molecule has 1 aromatic heterocycles. The Bertz CT molecular complexity index is 722. The van der Waals surface area contributed by atoms with Gasteiger partial charge in [-0.05, 0) is 38.5 Å². The van der Waals surface area contributed by atoms with Crippen molar-refractivity contribution in [2.45, 2.75) is 33.9 Å². The topological polar surface area (TPSA) is 88.8 Å². The van der Waals surface area contributed by atoms with Crippen molar-refractivity contribution in [3.8, 4) is 0 Å². The van der Waals surface area contributed by atoms with Crippen molar-refractivity contribution in [2.24, 2.45) is 4.99 Å². The fraction of sp³-hybridized carbons (Fsp3) is 0.389. The number of benzene rings is 1. The highest BCUT2D eigenvalue weighted by Gasteiger charge is 2.07. The van der Waals surface area contributed by atoms with Crippen molar-refractivity contribution in [2.75, 3.05) is 13.7 Å². The molecule has 1 aromatic carbocycles. The summed E-state index contributed by atoms with van der Waals surface area (Å²) in [5, 5.41) is 6.36. The zero-order valence-electron chi connectivity index (χ0n) is 15.5. The number of nitrogens with one attached hydrogen (secondary N) is 2. The fourth-order valence-electron chi connectivity index (χ4n) is 2.15. The number of aromatic nitrogens is 1. The molecule has 0 aliphatic heterocycles. The standard InChI is InChI=1S/C18H24N4O3.HI/c1-5-24-17(23)15-8-6-14(7-9-15)10-20-18(19-4)21-11-16-22-12(2)13(3)25-16;/h6-9H,5,10-11H2,1-4H3,(H2,19,20,21);1H. The van der Waals surface area contributed by atoms with Gasteiger partial charge in [-0.15, -0.1) is 24.0 Å². The quantitative estimate of drug-likeness (QED) is 0.291. The highest BCUT2D eigenvalue weighted by atomic mass is 127. The zero-order chi connectivity index (χ0) is 18.2. The third-order valence-corrected chi connectivity index (χ3v) is 3.63. The molecular formula is C18H25IN4O3. The number of ether oxygens (including phenoxy) is 1. The van der Waals surface area contributed by atoms with Crippen LogP contribution in [-0.2, 0) is 17.8 Å². The summed E-state index contributed by atoms with van der Waals surface area (Å²) in [7, 11) is 1.70. The van der Waals surface area contributed by atoms with Crippen molar-refractivity contribution < 1.29 is 13.9 Å². The van der Waals surface area contributed by atoms with Gasteiger partial charge >= 0.3 is 5.97 Å². The predicted molar refractivity (Wildman–Crippen MR) is 111 cm³/mol. The third-order valence-electron chi connectivity index (χ3n) is 3.63.